The van der Waals surface area contributed by atoms with Crippen molar-refractivity contribution in [3.05, 3.63) is 21.7 Å². The van der Waals surface area contributed by atoms with Crippen molar-refractivity contribution in [1.82, 2.24) is 9.97 Å². The molecule has 0 N–H and O–H groups in total. The van der Waals surface area contributed by atoms with Gasteiger partial charge in [0.25, 0.3) is 0 Å². The van der Waals surface area contributed by atoms with Gasteiger partial charge in [0.15, 0.2) is 0 Å². The molecule has 2 rings (SSSR count). The highest BCUT2D eigenvalue weighted by Crippen LogP contribution is 2.20. The van der Waals surface area contributed by atoms with Gasteiger partial charge in [-0.3, -0.25) is 4.99 Å². The summed E-state index contributed by atoms with van der Waals surface area (Å²) in [6, 6.07) is 0. The zero-order valence-corrected chi connectivity index (χ0v) is 6.89. The van der Waals surface area contributed by atoms with Crippen molar-refractivity contribution >= 4 is 29.4 Å². The van der Waals surface area contributed by atoms with Crippen LogP contribution in [0.3, 0.4) is 0 Å². The molecular formula is C6H3Cl2N3. The lowest BCUT2D eigenvalue weighted by Gasteiger charge is -1.97. The largest absolute Gasteiger partial charge is 0.286 e. The van der Waals surface area contributed by atoms with Gasteiger partial charge in [0.1, 0.15) is 5.15 Å². The molecule has 0 aromatic carbocycles. The summed E-state index contributed by atoms with van der Waals surface area (Å²) in [7, 11) is 0. The normalized spacial score (nSPS) is 13.6. The van der Waals surface area contributed by atoms with E-state index in [1.807, 2.05) is 0 Å². The van der Waals surface area contributed by atoms with E-state index < -0.39 is 0 Å². The molecule has 0 atom stereocenters. The molecule has 56 valence electrons. The van der Waals surface area contributed by atoms with Gasteiger partial charge in [0.2, 0.25) is 5.28 Å². The van der Waals surface area contributed by atoms with E-state index in [1.165, 1.54) is 0 Å². The van der Waals surface area contributed by atoms with Crippen LogP contribution in [0.2, 0.25) is 10.4 Å². The number of halogens is 2. The van der Waals surface area contributed by atoms with Crippen LogP contribution in [0.25, 0.3) is 0 Å². The van der Waals surface area contributed by atoms with Gasteiger partial charge >= 0.3 is 0 Å². The van der Waals surface area contributed by atoms with Gasteiger partial charge < -0.3 is 0 Å². The van der Waals surface area contributed by atoms with E-state index in [0.29, 0.717) is 11.7 Å². The molecule has 0 bridgehead atoms. The minimum absolute atomic E-state index is 0.180. The monoisotopic (exact) mass is 187 g/mol. The third kappa shape index (κ3) is 1.10. The van der Waals surface area contributed by atoms with Gasteiger partial charge in [-0.2, -0.15) is 0 Å². The van der Waals surface area contributed by atoms with Gasteiger partial charge in [-0.25, -0.2) is 9.97 Å². The van der Waals surface area contributed by atoms with Crippen molar-refractivity contribution < 1.29 is 0 Å². The molecule has 2 heterocycles. The van der Waals surface area contributed by atoms with Crippen LogP contribution >= 0.6 is 23.2 Å². The highest BCUT2D eigenvalue weighted by molar-refractivity contribution is 6.33. The number of hydrogen-bond donors (Lipinski definition) is 0. The Morgan fingerprint density at radius 1 is 1.27 bits per heavy atom. The average molecular weight is 188 g/mol. The standard InChI is InChI=1S/C6H3Cl2N3/c7-5-3-1-9-2-4(3)10-6(8)11-5/h1H,2H2. The van der Waals surface area contributed by atoms with E-state index >= 15 is 0 Å². The molecule has 0 spiro atoms. The van der Waals surface area contributed by atoms with Crippen molar-refractivity contribution in [1.29, 1.82) is 0 Å². The third-order valence-electron chi connectivity index (χ3n) is 1.41. The lowest BCUT2D eigenvalue weighted by atomic mass is 10.3. The smallest absolute Gasteiger partial charge is 0.224 e. The predicted molar refractivity (Wildman–Crippen MR) is 43.4 cm³/mol. The molecule has 1 aliphatic rings. The second kappa shape index (κ2) is 2.43. The quantitative estimate of drug-likeness (QED) is 0.459. The molecule has 0 radical (unpaired) electrons. The molecule has 0 saturated carbocycles. The molecule has 11 heavy (non-hydrogen) atoms. The van der Waals surface area contributed by atoms with E-state index in [0.717, 1.165) is 11.3 Å². The van der Waals surface area contributed by atoms with Crippen LogP contribution in [-0.2, 0) is 6.54 Å². The highest BCUT2D eigenvalue weighted by Gasteiger charge is 2.13. The van der Waals surface area contributed by atoms with E-state index in [9.17, 15) is 0 Å². The number of rotatable bonds is 0. The van der Waals surface area contributed by atoms with Crippen molar-refractivity contribution in [3.8, 4) is 0 Å². The summed E-state index contributed by atoms with van der Waals surface area (Å²) < 4.78 is 0. The number of nitrogens with zero attached hydrogens (tertiary/aromatic N) is 3. The topological polar surface area (TPSA) is 38.1 Å². The van der Waals surface area contributed by atoms with Crippen LogP contribution in [0, 0.1) is 0 Å². The zero-order chi connectivity index (χ0) is 7.84. The Morgan fingerprint density at radius 2 is 2.09 bits per heavy atom. The van der Waals surface area contributed by atoms with E-state index in [1.54, 1.807) is 6.21 Å². The van der Waals surface area contributed by atoms with E-state index in [2.05, 4.69) is 15.0 Å². The summed E-state index contributed by atoms with van der Waals surface area (Å²) >= 11 is 11.3. The fraction of sp³-hybridized carbons (Fsp3) is 0.167. The summed E-state index contributed by atoms with van der Waals surface area (Å²) in [4.78, 5) is 11.7. The van der Waals surface area contributed by atoms with Crippen molar-refractivity contribution in [3.63, 3.8) is 0 Å². The maximum atomic E-state index is 5.75. The molecule has 3 nitrogen and oxygen atoms in total. The zero-order valence-electron chi connectivity index (χ0n) is 5.38. The molecule has 5 heteroatoms. The van der Waals surface area contributed by atoms with Gasteiger partial charge in [-0.15, -0.1) is 0 Å². The van der Waals surface area contributed by atoms with Crippen molar-refractivity contribution in [2.45, 2.75) is 6.54 Å². The first-order valence-corrected chi connectivity index (χ1v) is 3.74. The van der Waals surface area contributed by atoms with E-state index in [-0.39, 0.29) is 5.28 Å². The first-order chi connectivity index (χ1) is 5.27. The van der Waals surface area contributed by atoms with Crippen LogP contribution in [0.15, 0.2) is 4.99 Å². The molecule has 0 amide bonds. The molecule has 0 unspecified atom stereocenters. The van der Waals surface area contributed by atoms with Gasteiger partial charge in [-0.1, -0.05) is 11.6 Å². The van der Waals surface area contributed by atoms with E-state index in [4.69, 9.17) is 23.2 Å². The van der Waals surface area contributed by atoms with Gasteiger partial charge in [0.05, 0.1) is 17.8 Å². The Balaban J connectivity index is 2.67. The minimum Gasteiger partial charge on any atom is -0.286 e. The highest BCUT2D eigenvalue weighted by atomic mass is 35.5. The van der Waals surface area contributed by atoms with Crippen LogP contribution in [0.5, 0.6) is 0 Å². The second-order valence-corrected chi connectivity index (χ2v) is 2.81. The summed E-state index contributed by atoms with van der Waals surface area (Å²) in [5.41, 5.74) is 1.59. The molecule has 0 aliphatic carbocycles. The van der Waals surface area contributed by atoms with Crippen LogP contribution in [-0.4, -0.2) is 16.2 Å². The van der Waals surface area contributed by atoms with Gasteiger partial charge in [0, 0.05) is 6.21 Å². The Morgan fingerprint density at radius 3 is 2.91 bits per heavy atom. The Hall–Kier alpha value is -0.670. The SMILES string of the molecule is Clc1nc(Cl)c2c(n1)CN=C2. The van der Waals surface area contributed by atoms with Crippen LogP contribution in [0.4, 0.5) is 0 Å². The number of hydrogen-bond acceptors (Lipinski definition) is 3. The molecule has 1 aliphatic heterocycles. The Labute approximate surface area is 73.1 Å². The van der Waals surface area contributed by atoms with Crippen LogP contribution < -0.4 is 0 Å². The second-order valence-electron chi connectivity index (χ2n) is 2.11. The average Bonchev–Trinajstić information content (AvgIpc) is 2.34. The van der Waals surface area contributed by atoms with Crippen molar-refractivity contribution in [2.24, 2.45) is 4.99 Å². The first kappa shape index (κ1) is 7.00. The minimum atomic E-state index is 0.180. The number of aliphatic imine (C=N–C) groups is 1. The van der Waals surface area contributed by atoms with Gasteiger partial charge in [-0.05, 0) is 11.6 Å². The molecule has 1 aromatic rings. The fourth-order valence-electron chi connectivity index (χ4n) is 0.929. The predicted octanol–water partition coefficient (Wildman–Crippen LogP) is 1.72. The lowest BCUT2D eigenvalue weighted by molar-refractivity contribution is 0.994. The molecule has 1 aromatic heterocycles. The summed E-state index contributed by atoms with van der Waals surface area (Å²) in [6.45, 7) is 0.553. The maximum absolute atomic E-state index is 5.75. The fourth-order valence-corrected chi connectivity index (χ4v) is 1.40. The Kier molecular flexibility index (Phi) is 1.55. The lowest BCUT2D eigenvalue weighted by Crippen LogP contribution is -1.94. The number of fused-ring (bicyclic) bond motifs is 1. The summed E-state index contributed by atoms with van der Waals surface area (Å²) in [6.07, 6.45) is 1.66. The first-order valence-electron chi connectivity index (χ1n) is 2.99. The summed E-state index contributed by atoms with van der Waals surface area (Å²) in [5, 5.41) is 0.556. The maximum Gasteiger partial charge on any atom is 0.224 e. The van der Waals surface area contributed by atoms with Crippen molar-refractivity contribution in [2.75, 3.05) is 0 Å². The summed E-state index contributed by atoms with van der Waals surface area (Å²) in [5.74, 6) is 0. The molecule has 0 fully saturated rings. The molecular weight excluding hydrogens is 185 g/mol. The van der Waals surface area contributed by atoms with Crippen LogP contribution in [0.1, 0.15) is 11.3 Å². The number of aromatic nitrogens is 2. The third-order valence-corrected chi connectivity index (χ3v) is 1.87. The Bertz CT molecular complexity index is 335. The molecule has 0 saturated heterocycles.